The Morgan fingerprint density at radius 3 is 2.77 bits per heavy atom. The lowest BCUT2D eigenvalue weighted by Crippen LogP contribution is -2.32. The lowest BCUT2D eigenvalue weighted by Gasteiger charge is -2.09. The lowest BCUT2D eigenvalue weighted by molar-refractivity contribution is -0.123. The van der Waals surface area contributed by atoms with Crippen molar-refractivity contribution >= 4 is 45.9 Å². The minimum Gasteiger partial charge on any atom is -0.484 e. The molecule has 26 heavy (non-hydrogen) atoms. The van der Waals surface area contributed by atoms with E-state index in [0.717, 1.165) is 5.69 Å². The average molecular weight is 396 g/mol. The molecule has 0 aliphatic heterocycles. The number of benzene rings is 2. The highest BCUT2D eigenvalue weighted by atomic mass is 35.5. The number of halogens is 2. The van der Waals surface area contributed by atoms with Crippen LogP contribution >= 0.6 is 23.2 Å². The highest BCUT2D eigenvalue weighted by Crippen LogP contribution is 2.24. The molecule has 2 aromatic carbocycles. The molecular weight excluding hydrogens is 381 g/mol. The fraction of sp³-hybridized carbons (Fsp3) is 0.176. The van der Waals surface area contributed by atoms with Gasteiger partial charge in [-0.3, -0.25) is 9.78 Å². The van der Waals surface area contributed by atoms with E-state index in [4.69, 9.17) is 32.4 Å². The van der Waals surface area contributed by atoms with E-state index in [9.17, 15) is 9.59 Å². The van der Waals surface area contributed by atoms with Gasteiger partial charge in [0.15, 0.2) is 12.2 Å². The number of nitrogens with one attached hydrogen (secondary N) is 3. The molecule has 1 aromatic heterocycles. The van der Waals surface area contributed by atoms with Crippen molar-refractivity contribution in [1.82, 2.24) is 10.3 Å². The van der Waals surface area contributed by atoms with Crippen molar-refractivity contribution in [3.8, 4) is 5.75 Å². The third-order valence-corrected chi connectivity index (χ3v) is 4.20. The van der Waals surface area contributed by atoms with E-state index in [1.54, 1.807) is 36.4 Å². The zero-order valence-corrected chi connectivity index (χ0v) is 15.0. The number of carbonyl (C=O) groups is 1. The fourth-order valence-corrected chi connectivity index (χ4v) is 2.53. The normalized spacial score (nSPS) is 10.7. The Labute approximate surface area is 158 Å². The largest absolute Gasteiger partial charge is 0.484 e. The zero-order chi connectivity index (χ0) is 18.5. The Morgan fingerprint density at radius 2 is 1.96 bits per heavy atom. The van der Waals surface area contributed by atoms with Crippen LogP contribution in [0.4, 0.5) is 5.69 Å². The maximum Gasteiger partial charge on any atom is 0.417 e. The first kappa shape index (κ1) is 18.2. The number of hydrogen-bond donors (Lipinski definition) is 3. The molecule has 0 saturated heterocycles. The second-order valence-electron chi connectivity index (χ2n) is 5.37. The van der Waals surface area contributed by atoms with Crippen molar-refractivity contribution in [2.75, 3.05) is 25.0 Å². The average Bonchev–Trinajstić information content (AvgIpc) is 2.99. The first-order chi connectivity index (χ1) is 12.5. The van der Waals surface area contributed by atoms with Gasteiger partial charge >= 0.3 is 5.76 Å². The molecule has 0 atom stereocenters. The molecule has 0 bridgehead atoms. The molecule has 0 radical (unpaired) electrons. The van der Waals surface area contributed by atoms with E-state index in [2.05, 4.69) is 15.6 Å². The van der Waals surface area contributed by atoms with Crippen LogP contribution in [0, 0.1) is 0 Å². The number of ether oxygens (including phenoxy) is 1. The van der Waals surface area contributed by atoms with Gasteiger partial charge in [0.25, 0.3) is 5.91 Å². The monoisotopic (exact) mass is 395 g/mol. The van der Waals surface area contributed by atoms with Crippen LogP contribution in [0.1, 0.15) is 0 Å². The van der Waals surface area contributed by atoms with E-state index in [-0.39, 0.29) is 12.5 Å². The molecular formula is C17H15Cl2N3O4. The summed E-state index contributed by atoms with van der Waals surface area (Å²) in [5.74, 6) is -0.370. The summed E-state index contributed by atoms with van der Waals surface area (Å²) in [7, 11) is 0. The second kappa shape index (κ2) is 8.16. The number of anilines is 1. The van der Waals surface area contributed by atoms with E-state index in [1.807, 2.05) is 0 Å². The molecule has 0 unspecified atom stereocenters. The highest BCUT2D eigenvalue weighted by Gasteiger charge is 2.06. The summed E-state index contributed by atoms with van der Waals surface area (Å²) in [6.07, 6.45) is 0. The van der Waals surface area contributed by atoms with E-state index < -0.39 is 5.76 Å². The Morgan fingerprint density at radius 1 is 1.12 bits per heavy atom. The Kier molecular flexibility index (Phi) is 5.70. The smallest absolute Gasteiger partial charge is 0.417 e. The molecule has 7 nitrogen and oxygen atoms in total. The molecule has 0 aliphatic rings. The van der Waals surface area contributed by atoms with Gasteiger partial charge in [-0.2, -0.15) is 0 Å². The highest BCUT2D eigenvalue weighted by molar-refractivity contribution is 6.42. The minimum atomic E-state index is -0.538. The third kappa shape index (κ3) is 4.71. The number of fused-ring (bicyclic) bond motifs is 1. The third-order valence-electron chi connectivity index (χ3n) is 3.46. The van der Waals surface area contributed by atoms with Crippen molar-refractivity contribution in [3.05, 3.63) is 57.0 Å². The number of aromatic amines is 1. The summed E-state index contributed by atoms with van der Waals surface area (Å²) in [6.45, 7) is 0.783. The van der Waals surface area contributed by atoms with Crippen molar-refractivity contribution in [2.45, 2.75) is 0 Å². The summed E-state index contributed by atoms with van der Waals surface area (Å²) in [6, 6.07) is 10.1. The van der Waals surface area contributed by atoms with Crippen molar-refractivity contribution < 1.29 is 13.9 Å². The summed E-state index contributed by atoms with van der Waals surface area (Å²) in [5.41, 5.74) is 1.75. The van der Waals surface area contributed by atoms with E-state index in [1.165, 1.54) is 0 Å². The lowest BCUT2D eigenvalue weighted by atomic mass is 10.3. The first-order valence-corrected chi connectivity index (χ1v) is 8.48. The van der Waals surface area contributed by atoms with Crippen LogP contribution in [-0.4, -0.2) is 30.6 Å². The Balaban J connectivity index is 1.40. The number of hydrogen-bond acceptors (Lipinski definition) is 5. The number of carbonyl (C=O) groups excluding carboxylic acids is 1. The van der Waals surface area contributed by atoms with E-state index in [0.29, 0.717) is 40.0 Å². The predicted molar refractivity (Wildman–Crippen MR) is 100 cm³/mol. The van der Waals surface area contributed by atoms with Crippen LogP contribution in [0.15, 0.2) is 45.6 Å². The minimum absolute atomic E-state index is 0.146. The van der Waals surface area contributed by atoms with Gasteiger partial charge in [-0.1, -0.05) is 23.2 Å². The summed E-state index contributed by atoms with van der Waals surface area (Å²) in [5, 5.41) is 6.79. The van der Waals surface area contributed by atoms with Gasteiger partial charge < -0.3 is 19.8 Å². The van der Waals surface area contributed by atoms with Crippen LogP contribution in [0.3, 0.4) is 0 Å². The molecule has 3 N–H and O–H groups in total. The topological polar surface area (TPSA) is 96.4 Å². The molecule has 136 valence electrons. The van der Waals surface area contributed by atoms with Gasteiger partial charge in [0, 0.05) is 24.8 Å². The molecule has 1 amide bonds. The molecule has 0 saturated carbocycles. The predicted octanol–water partition coefficient (Wildman–Crippen LogP) is 3.04. The van der Waals surface area contributed by atoms with Crippen LogP contribution in [0.5, 0.6) is 5.75 Å². The van der Waals surface area contributed by atoms with Crippen molar-refractivity contribution in [1.29, 1.82) is 0 Å². The van der Waals surface area contributed by atoms with Crippen LogP contribution in [0.2, 0.25) is 10.0 Å². The van der Waals surface area contributed by atoms with Gasteiger partial charge in [-0.25, -0.2) is 4.79 Å². The molecule has 0 spiro atoms. The summed E-state index contributed by atoms with van der Waals surface area (Å²) in [4.78, 5) is 25.4. The number of rotatable bonds is 7. The maximum atomic E-state index is 11.8. The molecule has 1 heterocycles. The first-order valence-electron chi connectivity index (χ1n) is 7.72. The number of aromatic nitrogens is 1. The number of oxazole rings is 1. The quantitative estimate of drug-likeness (QED) is 0.534. The number of H-pyrrole nitrogens is 1. The molecule has 0 aliphatic carbocycles. The SMILES string of the molecule is O=C(COc1ccc2[nH]c(=O)oc2c1)NCCNc1ccc(Cl)c(Cl)c1. The van der Waals surface area contributed by atoms with Crippen LogP contribution in [-0.2, 0) is 4.79 Å². The standard InChI is InChI=1S/C17H15Cl2N3O4/c18-12-3-1-10(7-13(12)19)20-5-6-21-16(23)9-25-11-2-4-14-15(8-11)26-17(24)22-14/h1-4,7-8,20H,5-6,9H2,(H,21,23)(H,22,24). The maximum absolute atomic E-state index is 11.8. The van der Waals surface area contributed by atoms with Gasteiger partial charge in [0.1, 0.15) is 5.75 Å². The van der Waals surface area contributed by atoms with Gasteiger partial charge in [0.05, 0.1) is 15.6 Å². The van der Waals surface area contributed by atoms with Gasteiger partial charge in [0.2, 0.25) is 0 Å². The second-order valence-corrected chi connectivity index (χ2v) is 6.18. The molecule has 0 fully saturated rings. The molecule has 9 heteroatoms. The van der Waals surface area contributed by atoms with Crippen molar-refractivity contribution in [3.63, 3.8) is 0 Å². The van der Waals surface area contributed by atoms with Crippen LogP contribution < -0.4 is 21.1 Å². The summed E-state index contributed by atoms with van der Waals surface area (Å²) >= 11 is 11.8. The molecule has 3 rings (SSSR count). The van der Waals surface area contributed by atoms with Gasteiger partial charge in [-0.05, 0) is 30.3 Å². The van der Waals surface area contributed by atoms with Gasteiger partial charge in [-0.15, -0.1) is 0 Å². The fourth-order valence-electron chi connectivity index (χ4n) is 2.23. The Bertz CT molecular complexity index is 984. The van der Waals surface area contributed by atoms with E-state index >= 15 is 0 Å². The zero-order valence-electron chi connectivity index (χ0n) is 13.5. The summed E-state index contributed by atoms with van der Waals surface area (Å²) < 4.78 is 10.3. The van der Waals surface area contributed by atoms with Crippen LogP contribution in [0.25, 0.3) is 11.1 Å². The Hall–Kier alpha value is -2.64. The molecule has 3 aromatic rings. The number of amides is 1. The van der Waals surface area contributed by atoms with Crippen molar-refractivity contribution in [2.24, 2.45) is 0 Å².